The lowest BCUT2D eigenvalue weighted by atomic mass is 9.77. The van der Waals surface area contributed by atoms with E-state index in [9.17, 15) is 0 Å². The van der Waals surface area contributed by atoms with Gasteiger partial charge < -0.3 is 0 Å². The highest BCUT2D eigenvalue weighted by molar-refractivity contribution is 5.33. The molecule has 0 N–H and O–H groups in total. The fraction of sp³-hybridized carbons (Fsp3) is 0.467. The monoisotopic (exact) mass is 198 g/mol. The molecule has 78 valence electrons. The van der Waals surface area contributed by atoms with Crippen molar-refractivity contribution in [3.63, 3.8) is 0 Å². The number of rotatable bonds is 3. The van der Waals surface area contributed by atoms with Crippen LogP contribution in [0.15, 0.2) is 48.6 Å². The van der Waals surface area contributed by atoms with Crippen LogP contribution in [0, 0.1) is 23.2 Å². The molecule has 0 saturated heterocycles. The molecule has 15 heavy (non-hydrogen) atoms. The van der Waals surface area contributed by atoms with E-state index in [0.29, 0.717) is 17.3 Å². The highest BCUT2D eigenvalue weighted by Crippen LogP contribution is 2.66. The largest absolute Gasteiger partial charge is 0.0770 e. The quantitative estimate of drug-likeness (QED) is 0.645. The van der Waals surface area contributed by atoms with Crippen LogP contribution in [0.4, 0.5) is 0 Å². The minimum Gasteiger partial charge on any atom is -0.0770 e. The van der Waals surface area contributed by atoms with Crippen LogP contribution in [0.2, 0.25) is 0 Å². The van der Waals surface area contributed by atoms with Crippen LogP contribution in [0.25, 0.3) is 0 Å². The number of hydrogen-bond donors (Lipinski definition) is 0. The molecule has 0 aromatic carbocycles. The smallest absolute Gasteiger partial charge is 0.00207 e. The Hall–Kier alpha value is -1.04. The van der Waals surface area contributed by atoms with Crippen LogP contribution in [-0.4, -0.2) is 0 Å². The van der Waals surface area contributed by atoms with Crippen LogP contribution >= 0.6 is 0 Å². The van der Waals surface area contributed by atoms with Crippen molar-refractivity contribution in [1.29, 1.82) is 0 Å². The fourth-order valence-corrected chi connectivity index (χ4v) is 3.51. The molecule has 1 saturated carbocycles. The summed E-state index contributed by atoms with van der Waals surface area (Å²) in [5.74, 6) is 2.28. The second-order valence-electron chi connectivity index (χ2n) is 5.01. The second-order valence-corrected chi connectivity index (χ2v) is 5.01. The Morgan fingerprint density at radius 1 is 0.933 bits per heavy atom. The van der Waals surface area contributed by atoms with Crippen LogP contribution in [0.3, 0.4) is 0 Å². The van der Waals surface area contributed by atoms with E-state index in [2.05, 4.69) is 55.5 Å². The Morgan fingerprint density at radius 3 is 1.73 bits per heavy atom. The molecule has 3 aliphatic rings. The summed E-state index contributed by atoms with van der Waals surface area (Å²) in [4.78, 5) is 0. The van der Waals surface area contributed by atoms with Crippen LogP contribution in [0.1, 0.15) is 19.8 Å². The number of allylic oxidation sites excluding steroid dienone is 8. The summed E-state index contributed by atoms with van der Waals surface area (Å²) in [6, 6.07) is 0. The van der Waals surface area contributed by atoms with Gasteiger partial charge in [-0.15, -0.1) is 0 Å². The SMILES string of the molecule is CCC1CC1(C1C=CC=C1)C1C=CC=C1. The highest BCUT2D eigenvalue weighted by atomic mass is 14.6. The van der Waals surface area contributed by atoms with E-state index < -0.39 is 0 Å². The molecule has 0 aliphatic heterocycles. The van der Waals surface area contributed by atoms with Crippen molar-refractivity contribution in [3.05, 3.63) is 48.6 Å². The van der Waals surface area contributed by atoms with Crippen LogP contribution < -0.4 is 0 Å². The average Bonchev–Trinajstić information content (AvgIpc) is 2.76. The van der Waals surface area contributed by atoms with Crippen molar-refractivity contribution in [2.75, 3.05) is 0 Å². The molecule has 3 aliphatic carbocycles. The van der Waals surface area contributed by atoms with Gasteiger partial charge in [-0.1, -0.05) is 62.0 Å². The van der Waals surface area contributed by atoms with E-state index in [0.717, 1.165) is 5.92 Å². The lowest BCUT2D eigenvalue weighted by molar-refractivity contribution is 0.327. The summed E-state index contributed by atoms with van der Waals surface area (Å²) in [6.07, 6.45) is 21.1. The minimum atomic E-state index is 0.530. The predicted molar refractivity (Wildman–Crippen MR) is 64.4 cm³/mol. The van der Waals surface area contributed by atoms with Crippen molar-refractivity contribution in [2.24, 2.45) is 23.2 Å². The molecule has 0 bridgehead atoms. The number of hydrogen-bond acceptors (Lipinski definition) is 0. The predicted octanol–water partition coefficient (Wildman–Crippen LogP) is 3.89. The normalized spacial score (nSPS) is 31.9. The molecule has 0 heteroatoms. The lowest BCUT2D eigenvalue weighted by Crippen LogP contribution is -2.21. The van der Waals surface area contributed by atoms with Crippen LogP contribution in [-0.2, 0) is 0 Å². The maximum absolute atomic E-state index is 2.38. The van der Waals surface area contributed by atoms with Gasteiger partial charge in [-0.05, 0) is 17.8 Å². The van der Waals surface area contributed by atoms with E-state index in [4.69, 9.17) is 0 Å². The summed E-state index contributed by atoms with van der Waals surface area (Å²) < 4.78 is 0. The molecule has 0 amide bonds. The third-order valence-electron chi connectivity index (χ3n) is 4.43. The van der Waals surface area contributed by atoms with Gasteiger partial charge in [0.1, 0.15) is 0 Å². The first-order valence-corrected chi connectivity index (χ1v) is 6.08. The molecular weight excluding hydrogens is 180 g/mol. The molecule has 0 aromatic heterocycles. The Morgan fingerprint density at radius 2 is 1.40 bits per heavy atom. The maximum atomic E-state index is 2.38. The molecular formula is C15H18. The molecule has 1 fully saturated rings. The molecule has 0 nitrogen and oxygen atoms in total. The first-order valence-electron chi connectivity index (χ1n) is 6.08. The van der Waals surface area contributed by atoms with E-state index in [1.54, 1.807) is 0 Å². The molecule has 0 heterocycles. The molecule has 1 unspecified atom stereocenters. The Kier molecular flexibility index (Phi) is 1.98. The van der Waals surface area contributed by atoms with Crippen molar-refractivity contribution in [1.82, 2.24) is 0 Å². The standard InChI is InChI=1S/C15H18/c1-2-12-11-15(12,13-7-3-4-8-13)14-9-5-6-10-14/h3-10,12-14H,2,11H2,1H3. The topological polar surface area (TPSA) is 0 Å². The molecule has 0 aromatic rings. The zero-order chi connectivity index (χ0) is 10.3. The van der Waals surface area contributed by atoms with E-state index in [-0.39, 0.29) is 0 Å². The molecule has 0 radical (unpaired) electrons. The van der Waals surface area contributed by atoms with Crippen molar-refractivity contribution < 1.29 is 0 Å². The van der Waals surface area contributed by atoms with Gasteiger partial charge in [-0.25, -0.2) is 0 Å². The van der Waals surface area contributed by atoms with Crippen molar-refractivity contribution in [2.45, 2.75) is 19.8 Å². The third-order valence-corrected chi connectivity index (χ3v) is 4.43. The Balaban J connectivity index is 1.90. The fourth-order valence-electron chi connectivity index (χ4n) is 3.51. The summed E-state index contributed by atoms with van der Waals surface area (Å²) in [6.45, 7) is 2.33. The van der Waals surface area contributed by atoms with E-state index >= 15 is 0 Å². The second kappa shape index (κ2) is 3.23. The van der Waals surface area contributed by atoms with Gasteiger partial charge in [-0.3, -0.25) is 0 Å². The van der Waals surface area contributed by atoms with Crippen molar-refractivity contribution >= 4 is 0 Å². The molecule has 0 spiro atoms. The summed E-state index contributed by atoms with van der Waals surface area (Å²) in [5.41, 5.74) is 0.530. The van der Waals surface area contributed by atoms with E-state index in [1.165, 1.54) is 12.8 Å². The zero-order valence-corrected chi connectivity index (χ0v) is 9.27. The molecule has 3 rings (SSSR count). The van der Waals surface area contributed by atoms with Gasteiger partial charge in [0.05, 0.1) is 0 Å². The summed E-state index contributed by atoms with van der Waals surface area (Å²) in [7, 11) is 0. The lowest BCUT2D eigenvalue weighted by Gasteiger charge is -2.26. The minimum absolute atomic E-state index is 0.530. The van der Waals surface area contributed by atoms with Gasteiger partial charge >= 0.3 is 0 Å². The van der Waals surface area contributed by atoms with E-state index in [1.807, 2.05) is 0 Å². The molecule has 1 atom stereocenters. The highest BCUT2D eigenvalue weighted by Gasteiger charge is 2.59. The summed E-state index contributed by atoms with van der Waals surface area (Å²) >= 11 is 0. The Labute approximate surface area is 92.1 Å². The Bertz CT molecular complexity index is 315. The zero-order valence-electron chi connectivity index (χ0n) is 9.27. The van der Waals surface area contributed by atoms with Gasteiger partial charge in [0.25, 0.3) is 0 Å². The van der Waals surface area contributed by atoms with Gasteiger partial charge in [-0.2, -0.15) is 0 Å². The third kappa shape index (κ3) is 1.20. The van der Waals surface area contributed by atoms with Crippen molar-refractivity contribution in [3.8, 4) is 0 Å². The first kappa shape index (κ1) is 9.21. The van der Waals surface area contributed by atoms with Gasteiger partial charge in [0, 0.05) is 11.8 Å². The van der Waals surface area contributed by atoms with Crippen LogP contribution in [0.5, 0.6) is 0 Å². The first-order chi connectivity index (χ1) is 7.38. The van der Waals surface area contributed by atoms with Gasteiger partial charge in [0.15, 0.2) is 0 Å². The summed E-state index contributed by atoms with van der Waals surface area (Å²) in [5, 5.41) is 0. The van der Waals surface area contributed by atoms with Gasteiger partial charge in [0.2, 0.25) is 0 Å². The average molecular weight is 198 g/mol. The maximum Gasteiger partial charge on any atom is 0.00207 e.